The molecule has 29 heavy (non-hydrogen) atoms. The molecule has 0 bridgehead atoms. The molecule has 4 rings (SSSR count). The molecule has 2 aromatic carbocycles. The van der Waals surface area contributed by atoms with Crippen molar-refractivity contribution in [3.8, 4) is 17.2 Å². The first kappa shape index (κ1) is 19.4. The molecule has 5 nitrogen and oxygen atoms in total. The van der Waals surface area contributed by atoms with E-state index in [1.54, 1.807) is 13.2 Å². The van der Waals surface area contributed by atoms with Gasteiger partial charge in [-0.05, 0) is 73.1 Å². The molecule has 2 heterocycles. The number of amides is 1. The Bertz CT molecular complexity index is 867. The maximum absolute atomic E-state index is 12.5. The van der Waals surface area contributed by atoms with E-state index in [9.17, 15) is 4.79 Å². The van der Waals surface area contributed by atoms with Crippen molar-refractivity contribution in [3.05, 3.63) is 59.7 Å². The van der Waals surface area contributed by atoms with Crippen LogP contribution in [0.5, 0.6) is 17.2 Å². The molecule has 2 aliphatic rings. The summed E-state index contributed by atoms with van der Waals surface area (Å²) in [4.78, 5) is 14.5. The summed E-state index contributed by atoms with van der Waals surface area (Å²) >= 11 is 0. The van der Waals surface area contributed by atoms with Crippen molar-refractivity contribution in [2.45, 2.75) is 25.7 Å². The van der Waals surface area contributed by atoms with Crippen LogP contribution in [0.1, 0.15) is 30.4 Å². The number of fused-ring (bicyclic) bond motifs is 1. The molecular formula is C24H27NO4. The van der Waals surface area contributed by atoms with Gasteiger partial charge in [0.25, 0.3) is 0 Å². The fourth-order valence-corrected chi connectivity index (χ4v) is 3.89. The summed E-state index contributed by atoms with van der Waals surface area (Å²) in [6.45, 7) is 1.92. The van der Waals surface area contributed by atoms with Gasteiger partial charge >= 0.3 is 0 Å². The fourth-order valence-electron chi connectivity index (χ4n) is 3.89. The molecule has 0 aromatic heterocycles. The fraction of sp³-hybridized carbons (Fsp3) is 0.375. The van der Waals surface area contributed by atoms with E-state index in [1.807, 2.05) is 41.3 Å². The zero-order valence-corrected chi connectivity index (χ0v) is 16.8. The summed E-state index contributed by atoms with van der Waals surface area (Å²) in [5.74, 6) is 3.15. The minimum atomic E-state index is 0.0799. The quantitative estimate of drug-likeness (QED) is 0.686. The Balaban J connectivity index is 1.23. The molecule has 0 spiro atoms. The van der Waals surface area contributed by atoms with Crippen molar-refractivity contribution in [2.24, 2.45) is 5.92 Å². The highest BCUT2D eigenvalue weighted by atomic mass is 16.7. The van der Waals surface area contributed by atoms with Gasteiger partial charge in [0, 0.05) is 19.2 Å². The molecule has 0 aliphatic carbocycles. The Hall–Kier alpha value is -2.95. The van der Waals surface area contributed by atoms with Crippen LogP contribution in [0.25, 0.3) is 6.08 Å². The van der Waals surface area contributed by atoms with Gasteiger partial charge in [-0.25, -0.2) is 0 Å². The highest BCUT2D eigenvalue weighted by molar-refractivity contribution is 5.91. The first-order valence-electron chi connectivity index (χ1n) is 10.2. The summed E-state index contributed by atoms with van der Waals surface area (Å²) in [5, 5.41) is 0. The molecule has 1 fully saturated rings. The number of aryl methyl sites for hydroxylation is 1. The van der Waals surface area contributed by atoms with Crippen molar-refractivity contribution in [2.75, 3.05) is 27.0 Å². The summed E-state index contributed by atoms with van der Waals surface area (Å²) in [7, 11) is 1.69. The van der Waals surface area contributed by atoms with Crippen molar-refractivity contribution in [1.82, 2.24) is 4.90 Å². The topological polar surface area (TPSA) is 48.0 Å². The third kappa shape index (κ3) is 4.91. The third-order valence-electron chi connectivity index (χ3n) is 5.74. The number of carbonyl (C=O) groups excluding carboxylic acids is 1. The second-order valence-corrected chi connectivity index (χ2v) is 7.60. The number of methoxy groups -OCH3 is 1. The van der Waals surface area contributed by atoms with E-state index in [0.717, 1.165) is 55.2 Å². The number of hydrogen-bond donors (Lipinski definition) is 0. The van der Waals surface area contributed by atoms with Gasteiger partial charge in [0.2, 0.25) is 12.7 Å². The molecule has 0 N–H and O–H groups in total. The van der Waals surface area contributed by atoms with E-state index in [-0.39, 0.29) is 12.7 Å². The molecule has 152 valence electrons. The molecule has 0 saturated carbocycles. The van der Waals surface area contributed by atoms with E-state index in [4.69, 9.17) is 14.2 Å². The van der Waals surface area contributed by atoms with Crippen molar-refractivity contribution >= 4 is 12.0 Å². The van der Waals surface area contributed by atoms with Crippen molar-refractivity contribution < 1.29 is 19.0 Å². The number of hydrogen-bond acceptors (Lipinski definition) is 4. The Morgan fingerprint density at radius 2 is 1.86 bits per heavy atom. The second kappa shape index (κ2) is 9.03. The lowest BCUT2D eigenvalue weighted by molar-refractivity contribution is -0.127. The number of rotatable bonds is 6. The van der Waals surface area contributed by atoms with Crippen LogP contribution in [0.4, 0.5) is 0 Å². The van der Waals surface area contributed by atoms with Crippen LogP contribution in [-0.4, -0.2) is 37.8 Å². The predicted octanol–water partition coefficient (Wildman–Crippen LogP) is 4.31. The number of benzene rings is 2. The van der Waals surface area contributed by atoms with Gasteiger partial charge < -0.3 is 19.1 Å². The normalized spacial score (nSPS) is 16.4. The first-order chi connectivity index (χ1) is 14.2. The molecule has 5 heteroatoms. The Morgan fingerprint density at radius 3 is 2.62 bits per heavy atom. The van der Waals surface area contributed by atoms with Gasteiger partial charge in [-0.15, -0.1) is 0 Å². The van der Waals surface area contributed by atoms with E-state index in [1.165, 1.54) is 12.0 Å². The number of carbonyl (C=O) groups is 1. The van der Waals surface area contributed by atoms with Crippen LogP contribution < -0.4 is 14.2 Å². The van der Waals surface area contributed by atoms with Crippen LogP contribution in [0.2, 0.25) is 0 Å². The summed E-state index contributed by atoms with van der Waals surface area (Å²) in [6.07, 6.45) is 7.89. The molecular weight excluding hydrogens is 366 g/mol. The van der Waals surface area contributed by atoms with E-state index < -0.39 is 0 Å². The smallest absolute Gasteiger partial charge is 0.246 e. The van der Waals surface area contributed by atoms with E-state index in [0.29, 0.717) is 5.92 Å². The number of nitrogens with zero attached hydrogens (tertiary/aromatic N) is 1. The number of likely N-dealkylation sites (tertiary alicyclic amines) is 1. The third-order valence-corrected chi connectivity index (χ3v) is 5.74. The molecule has 0 atom stereocenters. The second-order valence-electron chi connectivity index (χ2n) is 7.60. The lowest BCUT2D eigenvalue weighted by atomic mass is 9.90. The van der Waals surface area contributed by atoms with Crippen LogP contribution in [0.15, 0.2) is 48.5 Å². The highest BCUT2D eigenvalue weighted by Gasteiger charge is 2.21. The zero-order valence-electron chi connectivity index (χ0n) is 16.8. The zero-order chi connectivity index (χ0) is 20.1. The van der Waals surface area contributed by atoms with Gasteiger partial charge in [0.05, 0.1) is 7.11 Å². The SMILES string of the molecule is COc1ccc(CCC2CCN(C(=O)/C=C/c3ccc4c(c3)OCO4)CC2)cc1. The molecule has 2 aliphatic heterocycles. The average molecular weight is 393 g/mol. The Kier molecular flexibility index (Phi) is 6.03. The maximum atomic E-state index is 12.5. The summed E-state index contributed by atoms with van der Waals surface area (Å²) in [5.41, 5.74) is 2.29. The average Bonchev–Trinajstić information content (AvgIpc) is 3.24. The lowest BCUT2D eigenvalue weighted by Gasteiger charge is -2.31. The van der Waals surface area contributed by atoms with Gasteiger partial charge in [-0.3, -0.25) is 4.79 Å². The predicted molar refractivity (Wildman–Crippen MR) is 112 cm³/mol. The van der Waals surface area contributed by atoms with Crippen LogP contribution in [0.3, 0.4) is 0 Å². The van der Waals surface area contributed by atoms with Gasteiger partial charge in [-0.2, -0.15) is 0 Å². The van der Waals surface area contributed by atoms with E-state index in [2.05, 4.69) is 12.1 Å². The van der Waals surface area contributed by atoms with Crippen molar-refractivity contribution in [3.63, 3.8) is 0 Å². The minimum absolute atomic E-state index is 0.0799. The van der Waals surface area contributed by atoms with E-state index >= 15 is 0 Å². The first-order valence-corrected chi connectivity index (χ1v) is 10.2. The molecule has 1 saturated heterocycles. The monoisotopic (exact) mass is 393 g/mol. The van der Waals surface area contributed by atoms with Crippen molar-refractivity contribution in [1.29, 1.82) is 0 Å². The van der Waals surface area contributed by atoms with Gasteiger partial charge in [-0.1, -0.05) is 18.2 Å². The standard InChI is InChI=1S/C24H27NO4/c1-27-21-8-4-18(5-9-21)2-3-19-12-14-25(15-13-19)24(26)11-7-20-6-10-22-23(16-20)29-17-28-22/h4-11,16,19H,2-3,12-15,17H2,1H3/b11-7+. The summed E-state index contributed by atoms with van der Waals surface area (Å²) < 4.78 is 15.9. The molecule has 1 amide bonds. The number of piperidine rings is 1. The van der Waals surface area contributed by atoms with Crippen LogP contribution >= 0.6 is 0 Å². The lowest BCUT2D eigenvalue weighted by Crippen LogP contribution is -2.37. The number of ether oxygens (including phenoxy) is 3. The maximum Gasteiger partial charge on any atom is 0.246 e. The minimum Gasteiger partial charge on any atom is -0.497 e. The largest absolute Gasteiger partial charge is 0.497 e. The molecule has 2 aromatic rings. The highest BCUT2D eigenvalue weighted by Crippen LogP contribution is 2.32. The summed E-state index contributed by atoms with van der Waals surface area (Å²) in [6, 6.07) is 14.0. The molecule has 0 unspecified atom stereocenters. The Morgan fingerprint density at radius 1 is 1.10 bits per heavy atom. The van der Waals surface area contributed by atoms with Gasteiger partial charge in [0.1, 0.15) is 5.75 Å². The van der Waals surface area contributed by atoms with Gasteiger partial charge in [0.15, 0.2) is 11.5 Å². The Labute approximate surface area is 171 Å². The van der Waals surface area contributed by atoms with Crippen LogP contribution in [0, 0.1) is 5.92 Å². The molecule has 0 radical (unpaired) electrons. The van der Waals surface area contributed by atoms with Crippen LogP contribution in [-0.2, 0) is 11.2 Å².